The number of amides is 2. The normalized spacial score (nSPS) is 18.9. The minimum absolute atomic E-state index is 0.0276. The first-order valence-corrected chi connectivity index (χ1v) is 17.7. The molecule has 5 rings (SSSR count). The molecule has 3 heterocycles. The number of hydrogen-bond donors (Lipinski definition) is 3. The van der Waals surface area contributed by atoms with Crippen LogP contribution in [0.2, 0.25) is 5.02 Å². The monoisotopic (exact) mass is 661 g/mol. The van der Waals surface area contributed by atoms with Crippen molar-refractivity contribution in [2.24, 2.45) is 5.92 Å². The summed E-state index contributed by atoms with van der Waals surface area (Å²) >= 11 is 7.80. The van der Waals surface area contributed by atoms with Crippen LogP contribution in [0.15, 0.2) is 53.4 Å². The van der Waals surface area contributed by atoms with Gasteiger partial charge >= 0.3 is 0 Å². The fraction of sp³-hybridized carbons (Fsp3) is 0.484. The molecule has 3 aromatic rings. The Hall–Kier alpha value is -2.74. The third-order valence-electron chi connectivity index (χ3n) is 7.89. The van der Waals surface area contributed by atoms with Crippen LogP contribution in [-0.2, 0) is 14.8 Å². The minimum Gasteiger partial charge on any atom is -0.487 e. The van der Waals surface area contributed by atoms with E-state index in [1.165, 1.54) is 21.7 Å². The topological polar surface area (TPSA) is 120 Å². The lowest BCUT2D eigenvalue weighted by Crippen LogP contribution is -2.52. The highest BCUT2D eigenvalue weighted by atomic mass is 35.5. The molecule has 0 radical (unpaired) electrons. The largest absolute Gasteiger partial charge is 0.487 e. The molecule has 0 unspecified atom stereocenters. The Morgan fingerprint density at radius 1 is 1.11 bits per heavy atom. The lowest BCUT2D eigenvalue weighted by atomic mass is 10.0. The summed E-state index contributed by atoms with van der Waals surface area (Å²) in [5.74, 6) is 0.231. The highest BCUT2D eigenvalue weighted by Crippen LogP contribution is 2.30. The molecule has 2 aromatic carbocycles. The van der Waals surface area contributed by atoms with Crippen molar-refractivity contribution in [2.45, 2.75) is 43.7 Å². The molecular formula is C31H40ClN5O5S2. The number of benzene rings is 2. The second-order valence-electron chi connectivity index (χ2n) is 11.7. The number of sulfonamides is 1. The van der Waals surface area contributed by atoms with E-state index >= 15 is 0 Å². The van der Waals surface area contributed by atoms with Crippen LogP contribution in [0.4, 0.5) is 0 Å². The van der Waals surface area contributed by atoms with Crippen LogP contribution < -0.4 is 20.7 Å². The second kappa shape index (κ2) is 14.6. The van der Waals surface area contributed by atoms with Crippen LogP contribution in [0.5, 0.6) is 5.75 Å². The SMILES string of the molecule is CC(C)C[C@H](NC(=O)c1cc2ccccc2s1)C(=O)NCCN1CCN(S(=O)(=O)c2ccc(O[C@H]3CCNC3)c(Cl)c2)CC1. The number of piperazine rings is 1. The van der Waals surface area contributed by atoms with E-state index in [1.54, 1.807) is 12.1 Å². The third-order valence-corrected chi connectivity index (χ3v) is 11.2. The van der Waals surface area contributed by atoms with Gasteiger partial charge < -0.3 is 20.7 Å². The molecule has 1 aromatic heterocycles. The van der Waals surface area contributed by atoms with Crippen LogP contribution in [-0.4, -0.2) is 93.9 Å². The summed E-state index contributed by atoms with van der Waals surface area (Å²) in [5.41, 5.74) is 0. The quantitative estimate of drug-likeness (QED) is 0.272. The van der Waals surface area contributed by atoms with Crippen LogP contribution in [0, 0.1) is 5.92 Å². The van der Waals surface area contributed by atoms with E-state index in [0.717, 1.165) is 29.6 Å². The van der Waals surface area contributed by atoms with Gasteiger partial charge in [-0.3, -0.25) is 14.5 Å². The highest BCUT2D eigenvalue weighted by molar-refractivity contribution is 7.89. The Morgan fingerprint density at radius 2 is 1.89 bits per heavy atom. The van der Waals surface area contributed by atoms with Gasteiger partial charge in [0.2, 0.25) is 15.9 Å². The molecule has 3 N–H and O–H groups in total. The van der Waals surface area contributed by atoms with E-state index in [-0.39, 0.29) is 33.8 Å². The van der Waals surface area contributed by atoms with E-state index in [4.69, 9.17) is 16.3 Å². The molecular weight excluding hydrogens is 622 g/mol. The maximum Gasteiger partial charge on any atom is 0.262 e. The first-order valence-electron chi connectivity index (χ1n) is 15.1. The first-order chi connectivity index (χ1) is 21.1. The average Bonchev–Trinajstić information content (AvgIpc) is 3.68. The molecule has 2 aliphatic rings. The molecule has 238 valence electrons. The third kappa shape index (κ3) is 8.09. The summed E-state index contributed by atoms with van der Waals surface area (Å²) < 4.78 is 35.0. The van der Waals surface area contributed by atoms with Crippen LogP contribution in [0.1, 0.15) is 36.4 Å². The molecule has 0 spiro atoms. The van der Waals surface area contributed by atoms with Crippen molar-refractivity contribution < 1.29 is 22.7 Å². The van der Waals surface area contributed by atoms with Gasteiger partial charge in [0, 0.05) is 50.5 Å². The number of carbonyl (C=O) groups excluding carboxylic acids is 2. The van der Waals surface area contributed by atoms with Gasteiger partial charge in [0.15, 0.2) is 0 Å². The fourth-order valence-corrected chi connectivity index (χ4v) is 8.18. The van der Waals surface area contributed by atoms with Crippen LogP contribution >= 0.6 is 22.9 Å². The summed E-state index contributed by atoms with van der Waals surface area (Å²) in [7, 11) is -3.71. The lowest BCUT2D eigenvalue weighted by Gasteiger charge is -2.34. The highest BCUT2D eigenvalue weighted by Gasteiger charge is 2.30. The number of thiophene rings is 1. The van der Waals surface area contributed by atoms with Crippen molar-refractivity contribution in [1.29, 1.82) is 0 Å². The van der Waals surface area contributed by atoms with E-state index in [0.29, 0.717) is 56.3 Å². The molecule has 13 heteroatoms. The Kier molecular flexibility index (Phi) is 10.8. The maximum absolute atomic E-state index is 13.3. The number of hydrogen-bond acceptors (Lipinski definition) is 8. The summed E-state index contributed by atoms with van der Waals surface area (Å²) in [6.07, 6.45) is 1.43. The van der Waals surface area contributed by atoms with Crippen LogP contribution in [0.25, 0.3) is 10.1 Å². The Labute approximate surface area is 268 Å². The number of carbonyl (C=O) groups is 2. The van der Waals surface area contributed by atoms with Crippen molar-refractivity contribution >= 4 is 54.9 Å². The second-order valence-corrected chi connectivity index (χ2v) is 15.1. The van der Waals surface area contributed by atoms with E-state index in [1.807, 2.05) is 44.2 Å². The molecule has 0 saturated carbocycles. The average molecular weight is 662 g/mol. The molecule has 0 aliphatic carbocycles. The molecule has 2 fully saturated rings. The van der Waals surface area contributed by atoms with Crippen LogP contribution in [0.3, 0.4) is 0 Å². The van der Waals surface area contributed by atoms with Crippen molar-refractivity contribution in [3.05, 3.63) is 58.4 Å². The smallest absolute Gasteiger partial charge is 0.262 e. The number of ether oxygens (including phenoxy) is 1. The zero-order chi connectivity index (χ0) is 31.3. The summed E-state index contributed by atoms with van der Waals surface area (Å²) in [4.78, 5) is 28.9. The predicted molar refractivity (Wildman–Crippen MR) is 174 cm³/mol. The van der Waals surface area contributed by atoms with Gasteiger partial charge in [-0.15, -0.1) is 11.3 Å². The van der Waals surface area contributed by atoms with Gasteiger partial charge in [-0.25, -0.2) is 8.42 Å². The standard InChI is InChI=1S/C31H40ClN5O5S2/c1-21(2)17-26(35-31(39)29-18-22-5-3-4-6-28(22)43-29)30(38)34-11-12-36-13-15-37(16-14-36)44(40,41)24-7-8-27(25(32)19-24)42-23-9-10-33-20-23/h3-8,18-19,21,23,26,33H,9-17,20H2,1-2H3,(H,34,38)(H,35,39)/t23-,26-/m0/s1. The Morgan fingerprint density at radius 3 is 2.57 bits per heavy atom. The molecule has 2 amide bonds. The zero-order valence-corrected chi connectivity index (χ0v) is 27.4. The van der Waals surface area contributed by atoms with Crippen molar-refractivity contribution in [3.63, 3.8) is 0 Å². The maximum atomic E-state index is 13.3. The fourth-order valence-electron chi connectivity index (χ4n) is 5.47. The molecule has 0 bridgehead atoms. The molecule has 10 nitrogen and oxygen atoms in total. The van der Waals surface area contributed by atoms with Crippen molar-refractivity contribution in [3.8, 4) is 5.75 Å². The van der Waals surface area contributed by atoms with Gasteiger partial charge in [-0.05, 0) is 61.0 Å². The Balaban J connectivity index is 1.09. The van der Waals surface area contributed by atoms with E-state index in [9.17, 15) is 18.0 Å². The zero-order valence-electron chi connectivity index (χ0n) is 25.1. The number of nitrogens with one attached hydrogen (secondary N) is 3. The van der Waals surface area contributed by atoms with Gasteiger partial charge in [0.05, 0.1) is 14.8 Å². The summed E-state index contributed by atoms with van der Waals surface area (Å²) in [6.45, 7) is 8.38. The van der Waals surface area contributed by atoms with Gasteiger partial charge in [-0.1, -0.05) is 43.6 Å². The molecule has 44 heavy (non-hydrogen) atoms. The van der Waals surface area contributed by atoms with Gasteiger partial charge in [0.25, 0.3) is 5.91 Å². The van der Waals surface area contributed by atoms with Gasteiger partial charge in [-0.2, -0.15) is 4.31 Å². The van der Waals surface area contributed by atoms with E-state index < -0.39 is 16.1 Å². The molecule has 2 aliphatic heterocycles. The summed E-state index contributed by atoms with van der Waals surface area (Å²) in [5, 5.41) is 10.4. The van der Waals surface area contributed by atoms with Gasteiger partial charge in [0.1, 0.15) is 17.9 Å². The number of rotatable bonds is 12. The number of fused-ring (bicyclic) bond motifs is 1. The van der Waals surface area contributed by atoms with E-state index in [2.05, 4.69) is 20.9 Å². The predicted octanol–water partition coefficient (Wildman–Crippen LogP) is 3.56. The number of halogens is 1. The summed E-state index contributed by atoms with van der Waals surface area (Å²) in [6, 6.07) is 13.7. The molecule has 2 atom stereocenters. The molecule has 2 saturated heterocycles. The van der Waals surface area contributed by atoms with Crippen molar-refractivity contribution in [1.82, 2.24) is 25.2 Å². The Bertz CT molecular complexity index is 1530. The van der Waals surface area contributed by atoms with Crippen molar-refractivity contribution in [2.75, 3.05) is 52.4 Å². The lowest BCUT2D eigenvalue weighted by molar-refractivity contribution is -0.123. The minimum atomic E-state index is -3.71. The number of nitrogens with zero attached hydrogens (tertiary/aromatic N) is 2. The first kappa shape index (κ1) is 32.6.